The number of hydrogen-bond acceptors (Lipinski definition) is 6. The zero-order valence-corrected chi connectivity index (χ0v) is 18.5. The maximum absolute atomic E-state index is 12.7. The fourth-order valence-electron chi connectivity index (χ4n) is 3.30. The van der Waals surface area contributed by atoms with Gasteiger partial charge in [-0.2, -0.15) is 4.31 Å². The van der Waals surface area contributed by atoms with Gasteiger partial charge in [0.25, 0.3) is 10.0 Å². The molecule has 7 nitrogen and oxygen atoms in total. The van der Waals surface area contributed by atoms with E-state index in [2.05, 4.69) is 22.2 Å². The van der Waals surface area contributed by atoms with Crippen LogP contribution in [-0.4, -0.2) is 81.8 Å². The van der Waals surface area contributed by atoms with E-state index in [4.69, 9.17) is 0 Å². The number of amides is 1. The van der Waals surface area contributed by atoms with Gasteiger partial charge in [0.1, 0.15) is 4.21 Å². The van der Waals surface area contributed by atoms with Crippen LogP contribution in [0.2, 0.25) is 0 Å². The van der Waals surface area contributed by atoms with Gasteiger partial charge >= 0.3 is 0 Å². The van der Waals surface area contributed by atoms with Gasteiger partial charge in [0, 0.05) is 39.8 Å². The number of rotatable bonds is 8. The van der Waals surface area contributed by atoms with Crippen molar-refractivity contribution < 1.29 is 13.2 Å². The summed E-state index contributed by atoms with van der Waals surface area (Å²) in [7, 11) is -0.103. The van der Waals surface area contributed by atoms with Gasteiger partial charge in [-0.1, -0.05) is 36.4 Å². The molecule has 1 atom stereocenters. The van der Waals surface area contributed by atoms with Gasteiger partial charge < -0.3 is 10.2 Å². The summed E-state index contributed by atoms with van der Waals surface area (Å²) >= 11 is 1.15. The van der Waals surface area contributed by atoms with Crippen LogP contribution < -0.4 is 5.32 Å². The van der Waals surface area contributed by atoms with Crippen LogP contribution in [0.1, 0.15) is 11.6 Å². The van der Waals surface area contributed by atoms with Crippen LogP contribution in [0.15, 0.2) is 52.1 Å². The molecular formula is C20H28N4O3S2. The second kappa shape index (κ2) is 9.82. The van der Waals surface area contributed by atoms with Crippen LogP contribution in [-0.2, 0) is 14.8 Å². The molecule has 2 aromatic rings. The van der Waals surface area contributed by atoms with Crippen molar-refractivity contribution in [1.29, 1.82) is 0 Å². The van der Waals surface area contributed by atoms with Gasteiger partial charge in [-0.05, 0) is 24.1 Å². The largest absolute Gasteiger partial charge is 0.347 e. The lowest BCUT2D eigenvalue weighted by atomic mass is 10.1. The Bertz CT molecular complexity index is 880. The van der Waals surface area contributed by atoms with Crippen LogP contribution in [0.4, 0.5) is 0 Å². The number of piperazine rings is 1. The van der Waals surface area contributed by atoms with Crippen LogP contribution in [0.25, 0.3) is 0 Å². The second-order valence-electron chi connectivity index (χ2n) is 7.33. The molecule has 1 unspecified atom stereocenters. The fraction of sp³-hybridized carbons (Fsp3) is 0.450. The zero-order valence-electron chi connectivity index (χ0n) is 16.8. The molecule has 1 aliphatic heterocycles. The van der Waals surface area contributed by atoms with Crippen molar-refractivity contribution >= 4 is 27.3 Å². The summed E-state index contributed by atoms with van der Waals surface area (Å²) in [6.07, 6.45) is 0. The number of carbonyl (C=O) groups is 1. The molecule has 1 aromatic carbocycles. The smallest absolute Gasteiger partial charge is 0.252 e. The van der Waals surface area contributed by atoms with E-state index in [-0.39, 0.29) is 22.7 Å². The molecule has 158 valence electrons. The Kier molecular flexibility index (Phi) is 7.42. The first-order valence-corrected chi connectivity index (χ1v) is 11.9. The third kappa shape index (κ3) is 5.86. The second-order valence-corrected chi connectivity index (χ2v) is 10.5. The molecule has 0 aliphatic carbocycles. The predicted octanol–water partition coefficient (Wildman–Crippen LogP) is 1.47. The Morgan fingerprint density at radius 1 is 1.14 bits per heavy atom. The van der Waals surface area contributed by atoms with Crippen molar-refractivity contribution in [2.45, 2.75) is 10.3 Å². The molecule has 1 aliphatic rings. The highest BCUT2D eigenvalue weighted by molar-refractivity contribution is 7.91. The third-order valence-electron chi connectivity index (χ3n) is 5.10. The van der Waals surface area contributed by atoms with Gasteiger partial charge in [0.05, 0.1) is 12.6 Å². The highest BCUT2D eigenvalue weighted by Crippen LogP contribution is 2.20. The third-order valence-corrected chi connectivity index (χ3v) is 8.28. The number of benzene rings is 1. The highest BCUT2D eigenvalue weighted by atomic mass is 32.2. The average molecular weight is 437 g/mol. The average Bonchev–Trinajstić information content (AvgIpc) is 3.25. The van der Waals surface area contributed by atoms with Crippen molar-refractivity contribution in [3.05, 3.63) is 53.4 Å². The van der Waals surface area contributed by atoms with Crippen LogP contribution in [0.3, 0.4) is 0 Å². The molecule has 1 aromatic heterocycles. The first-order valence-electron chi connectivity index (χ1n) is 9.61. The van der Waals surface area contributed by atoms with Crippen molar-refractivity contribution in [3.8, 4) is 0 Å². The van der Waals surface area contributed by atoms with E-state index in [1.54, 1.807) is 17.5 Å². The monoisotopic (exact) mass is 436 g/mol. The van der Waals surface area contributed by atoms with E-state index >= 15 is 0 Å². The molecular weight excluding hydrogens is 408 g/mol. The summed E-state index contributed by atoms with van der Waals surface area (Å²) in [6.45, 7) is 4.37. The number of nitrogens with zero attached hydrogens (tertiary/aromatic N) is 3. The summed E-state index contributed by atoms with van der Waals surface area (Å²) < 4.78 is 26.5. The Hall–Kier alpha value is -1.78. The summed E-state index contributed by atoms with van der Waals surface area (Å²) in [5.74, 6) is -0.310. The van der Waals surface area contributed by atoms with Crippen LogP contribution >= 0.6 is 11.3 Å². The minimum atomic E-state index is -3.65. The van der Waals surface area contributed by atoms with Crippen LogP contribution in [0, 0.1) is 0 Å². The molecule has 0 radical (unpaired) electrons. The van der Waals surface area contributed by atoms with Crippen molar-refractivity contribution in [3.63, 3.8) is 0 Å². The lowest BCUT2D eigenvalue weighted by molar-refractivity contribution is -0.122. The number of likely N-dealkylation sites (N-methyl/N-ethyl adjacent to an activating group) is 2. The van der Waals surface area contributed by atoms with Crippen LogP contribution in [0.5, 0.6) is 0 Å². The normalized spacial score (nSPS) is 17.3. The number of nitrogens with one attached hydrogen (secondary N) is 1. The molecule has 1 amide bonds. The van der Waals surface area contributed by atoms with Gasteiger partial charge in [0.15, 0.2) is 0 Å². The molecule has 3 rings (SSSR count). The molecule has 0 bridgehead atoms. The summed E-state index contributed by atoms with van der Waals surface area (Å²) in [5.41, 5.74) is 1.02. The molecule has 1 saturated heterocycles. The van der Waals surface area contributed by atoms with E-state index in [1.807, 2.05) is 30.3 Å². The van der Waals surface area contributed by atoms with Crippen molar-refractivity contribution in [2.24, 2.45) is 0 Å². The number of sulfonamides is 1. The van der Waals surface area contributed by atoms with E-state index < -0.39 is 10.0 Å². The summed E-state index contributed by atoms with van der Waals surface area (Å²) in [6, 6.07) is 12.9. The zero-order chi connectivity index (χ0) is 20.9. The van der Waals surface area contributed by atoms with E-state index in [0.717, 1.165) is 47.4 Å². The maximum atomic E-state index is 12.7. The van der Waals surface area contributed by atoms with Crippen molar-refractivity contribution in [1.82, 2.24) is 19.4 Å². The van der Waals surface area contributed by atoms with E-state index in [1.165, 1.54) is 7.05 Å². The van der Waals surface area contributed by atoms with E-state index in [0.29, 0.717) is 6.54 Å². The van der Waals surface area contributed by atoms with Crippen molar-refractivity contribution in [2.75, 3.05) is 53.4 Å². The lowest BCUT2D eigenvalue weighted by Gasteiger charge is -2.35. The number of hydrogen-bond donors (Lipinski definition) is 1. The summed E-state index contributed by atoms with van der Waals surface area (Å²) in [4.78, 5) is 17.3. The lowest BCUT2D eigenvalue weighted by Crippen LogP contribution is -2.48. The van der Waals surface area contributed by atoms with E-state index in [9.17, 15) is 13.2 Å². The quantitative estimate of drug-likeness (QED) is 0.679. The molecule has 0 spiro atoms. The first-order chi connectivity index (χ1) is 13.9. The van der Waals surface area contributed by atoms with Gasteiger partial charge in [0.2, 0.25) is 5.91 Å². The molecule has 1 fully saturated rings. The maximum Gasteiger partial charge on any atom is 0.252 e. The number of carbonyl (C=O) groups excluding carboxylic acids is 1. The Morgan fingerprint density at radius 2 is 1.83 bits per heavy atom. The minimum absolute atomic E-state index is 0.190. The summed E-state index contributed by atoms with van der Waals surface area (Å²) in [5, 5.41) is 4.75. The fourth-order valence-corrected chi connectivity index (χ4v) is 5.63. The highest BCUT2D eigenvalue weighted by Gasteiger charge is 2.26. The van der Waals surface area contributed by atoms with Gasteiger partial charge in [-0.15, -0.1) is 11.3 Å². The minimum Gasteiger partial charge on any atom is -0.347 e. The Balaban J connectivity index is 1.66. The van der Waals surface area contributed by atoms with Gasteiger partial charge in [-0.3, -0.25) is 9.69 Å². The van der Waals surface area contributed by atoms with Gasteiger partial charge in [-0.25, -0.2) is 8.42 Å². The first kappa shape index (κ1) is 21.9. The molecule has 2 heterocycles. The topological polar surface area (TPSA) is 73.0 Å². The number of thiophene rings is 1. The standard InChI is InChI=1S/C20H28N4O3S2/c1-22-10-12-24(13-11-22)15-18(17-7-4-3-5-8-17)21-19(25)16-23(2)29(26,27)20-9-6-14-28-20/h3-9,14,18H,10-13,15-16H2,1-2H3,(H,21,25). The predicted molar refractivity (Wildman–Crippen MR) is 115 cm³/mol. The molecule has 1 N–H and O–H groups in total. The Morgan fingerprint density at radius 3 is 2.45 bits per heavy atom. The SMILES string of the molecule is CN1CCN(CC(NC(=O)CN(C)S(=O)(=O)c2cccs2)c2ccccc2)CC1. The molecule has 0 saturated carbocycles. The molecule has 29 heavy (non-hydrogen) atoms. The Labute approximate surface area is 177 Å². The molecule has 9 heteroatoms.